The Morgan fingerprint density at radius 2 is 1.60 bits per heavy atom. The number of aliphatic carboxylic acids is 1. The van der Waals surface area contributed by atoms with Gasteiger partial charge in [-0.15, -0.1) is 0 Å². The second-order valence-electron chi connectivity index (χ2n) is 9.65. The van der Waals surface area contributed by atoms with Crippen molar-refractivity contribution in [1.29, 1.82) is 0 Å². The van der Waals surface area contributed by atoms with Gasteiger partial charge in [-0.05, 0) is 52.5 Å². The summed E-state index contributed by atoms with van der Waals surface area (Å²) in [6.07, 6.45) is 0.711. The Morgan fingerprint density at radius 1 is 1.03 bits per heavy atom. The Labute approximate surface area is 210 Å². The molecular weight excluding hydrogens is 464 g/mol. The summed E-state index contributed by atoms with van der Waals surface area (Å²) in [6, 6.07) is 15.3. The van der Waals surface area contributed by atoms with E-state index in [0.29, 0.717) is 12.8 Å². The van der Waals surface area contributed by atoms with Gasteiger partial charge in [0.1, 0.15) is 12.6 Å². The average molecular weight is 497 g/mol. The van der Waals surface area contributed by atoms with Crippen molar-refractivity contribution in [3.63, 3.8) is 0 Å². The molecular formula is C27H32N2O5S. The average Bonchev–Trinajstić information content (AvgIpc) is 3.15. The van der Waals surface area contributed by atoms with Crippen molar-refractivity contribution in [2.75, 3.05) is 18.1 Å². The highest BCUT2D eigenvalue weighted by Crippen LogP contribution is 2.44. The van der Waals surface area contributed by atoms with Crippen LogP contribution in [-0.2, 0) is 14.3 Å². The molecule has 0 unspecified atom stereocenters. The third kappa shape index (κ3) is 5.64. The molecule has 0 spiro atoms. The monoisotopic (exact) mass is 496 g/mol. The van der Waals surface area contributed by atoms with Gasteiger partial charge in [-0.1, -0.05) is 62.4 Å². The molecule has 1 fully saturated rings. The van der Waals surface area contributed by atoms with Crippen LogP contribution >= 0.6 is 11.8 Å². The van der Waals surface area contributed by atoms with Crippen LogP contribution in [0.3, 0.4) is 0 Å². The zero-order chi connectivity index (χ0) is 25.0. The summed E-state index contributed by atoms with van der Waals surface area (Å²) in [7, 11) is 0. The van der Waals surface area contributed by atoms with Gasteiger partial charge in [-0.25, -0.2) is 9.59 Å². The number of alkyl carbamates (subject to hydrolysis) is 1. The molecule has 186 valence electrons. The summed E-state index contributed by atoms with van der Waals surface area (Å²) in [5.41, 5.74) is 3.84. The molecule has 0 radical (unpaired) electrons. The Bertz CT molecular complexity index is 1050. The molecule has 1 aliphatic carbocycles. The van der Waals surface area contributed by atoms with Crippen LogP contribution < -0.4 is 10.6 Å². The van der Waals surface area contributed by atoms with Crippen molar-refractivity contribution in [2.45, 2.75) is 50.6 Å². The molecule has 35 heavy (non-hydrogen) atoms. The standard InChI is InChI=1S/C27H32N2O5S/c1-17(2)24(25(31)32)28-23(30)15-27(11-13-35-14-12-27)29-26(33)34-16-22-20-9-5-3-7-18(20)19-8-4-6-10-21(19)22/h3-10,17,22,24H,11-16H2,1-2H3,(H,28,30)(H,29,33)(H,31,32)/t24-/m1/s1. The van der Waals surface area contributed by atoms with E-state index >= 15 is 0 Å². The summed E-state index contributed by atoms with van der Waals surface area (Å²) >= 11 is 1.78. The second-order valence-corrected chi connectivity index (χ2v) is 10.9. The maximum Gasteiger partial charge on any atom is 0.407 e. The van der Waals surface area contributed by atoms with Gasteiger partial charge in [0, 0.05) is 12.3 Å². The van der Waals surface area contributed by atoms with Crippen molar-refractivity contribution >= 4 is 29.7 Å². The van der Waals surface area contributed by atoms with Crippen LogP contribution in [0.5, 0.6) is 0 Å². The van der Waals surface area contributed by atoms with Gasteiger partial charge >= 0.3 is 12.1 Å². The van der Waals surface area contributed by atoms with Gasteiger partial charge in [0.25, 0.3) is 0 Å². The number of rotatable bonds is 8. The van der Waals surface area contributed by atoms with Crippen LogP contribution in [0.4, 0.5) is 4.79 Å². The Balaban J connectivity index is 1.42. The number of carbonyl (C=O) groups excluding carboxylic acids is 2. The lowest BCUT2D eigenvalue weighted by Crippen LogP contribution is -2.55. The van der Waals surface area contributed by atoms with Crippen molar-refractivity contribution in [1.82, 2.24) is 10.6 Å². The van der Waals surface area contributed by atoms with Crippen molar-refractivity contribution in [3.05, 3.63) is 59.7 Å². The minimum Gasteiger partial charge on any atom is -0.480 e. The Morgan fingerprint density at radius 3 is 2.14 bits per heavy atom. The topological polar surface area (TPSA) is 105 Å². The number of carboxylic acids is 1. The van der Waals surface area contributed by atoms with E-state index in [1.165, 1.54) is 0 Å². The van der Waals surface area contributed by atoms with Crippen LogP contribution in [0.2, 0.25) is 0 Å². The third-order valence-corrected chi connectivity index (χ3v) is 7.89. The van der Waals surface area contributed by atoms with Crippen LogP contribution in [0, 0.1) is 5.92 Å². The number of hydrogen-bond acceptors (Lipinski definition) is 5. The number of amides is 2. The highest BCUT2D eigenvalue weighted by molar-refractivity contribution is 7.99. The molecule has 4 rings (SSSR count). The maximum absolute atomic E-state index is 13.0. The number of benzene rings is 2. The second kappa shape index (κ2) is 10.7. The predicted octanol–water partition coefficient (Wildman–Crippen LogP) is 4.41. The van der Waals surface area contributed by atoms with E-state index in [-0.39, 0.29) is 30.8 Å². The first kappa shape index (κ1) is 25.1. The highest BCUT2D eigenvalue weighted by Gasteiger charge is 2.38. The molecule has 1 heterocycles. The molecule has 0 aromatic heterocycles. The lowest BCUT2D eigenvalue weighted by atomic mass is 9.88. The molecule has 0 bridgehead atoms. The van der Waals surface area contributed by atoms with Crippen LogP contribution in [0.25, 0.3) is 11.1 Å². The normalized spacial score (nSPS) is 17.2. The minimum absolute atomic E-state index is 0.0221. The number of ether oxygens (including phenoxy) is 1. The third-order valence-electron chi connectivity index (χ3n) is 6.91. The predicted molar refractivity (Wildman–Crippen MR) is 137 cm³/mol. The number of thioether (sulfide) groups is 1. The van der Waals surface area contributed by atoms with E-state index in [1.807, 2.05) is 24.3 Å². The summed E-state index contributed by atoms with van der Waals surface area (Å²) in [5.74, 6) is -0.114. The van der Waals surface area contributed by atoms with E-state index < -0.39 is 23.6 Å². The molecule has 2 aromatic rings. The minimum atomic E-state index is -1.06. The van der Waals surface area contributed by atoms with Crippen molar-refractivity contribution in [3.8, 4) is 11.1 Å². The lowest BCUT2D eigenvalue weighted by molar-refractivity contribution is -0.143. The first-order valence-electron chi connectivity index (χ1n) is 12.0. The zero-order valence-electron chi connectivity index (χ0n) is 20.1. The highest BCUT2D eigenvalue weighted by atomic mass is 32.2. The van der Waals surface area contributed by atoms with E-state index in [4.69, 9.17) is 4.74 Å². The largest absolute Gasteiger partial charge is 0.480 e. The van der Waals surface area contributed by atoms with Gasteiger partial charge in [0.05, 0.1) is 5.54 Å². The van der Waals surface area contributed by atoms with Crippen molar-refractivity contribution < 1.29 is 24.2 Å². The first-order valence-corrected chi connectivity index (χ1v) is 13.2. The summed E-state index contributed by atoms with van der Waals surface area (Å²) in [4.78, 5) is 37.2. The lowest BCUT2D eigenvalue weighted by Gasteiger charge is -2.37. The fourth-order valence-corrected chi connectivity index (χ4v) is 6.28. The van der Waals surface area contributed by atoms with E-state index in [1.54, 1.807) is 25.6 Å². The molecule has 0 saturated carbocycles. The molecule has 2 aliphatic rings. The fraction of sp³-hybridized carbons (Fsp3) is 0.444. The van der Waals surface area contributed by atoms with E-state index in [2.05, 4.69) is 34.9 Å². The van der Waals surface area contributed by atoms with Gasteiger partial charge in [-0.2, -0.15) is 11.8 Å². The SMILES string of the molecule is CC(C)[C@@H](NC(=O)CC1(NC(=O)OCC2c3ccccc3-c3ccccc32)CCSCC1)C(=O)O. The van der Waals surface area contributed by atoms with Crippen LogP contribution in [0.1, 0.15) is 50.2 Å². The van der Waals surface area contributed by atoms with Crippen molar-refractivity contribution in [2.24, 2.45) is 5.92 Å². The molecule has 1 atom stereocenters. The molecule has 7 nitrogen and oxygen atoms in total. The smallest absolute Gasteiger partial charge is 0.407 e. The zero-order valence-corrected chi connectivity index (χ0v) is 20.9. The number of carbonyl (C=O) groups is 3. The quantitative estimate of drug-likeness (QED) is 0.500. The molecule has 1 saturated heterocycles. The molecule has 1 aliphatic heterocycles. The number of nitrogens with one attached hydrogen (secondary N) is 2. The molecule has 3 N–H and O–H groups in total. The number of carboxylic acid groups (broad SMARTS) is 1. The number of hydrogen-bond donors (Lipinski definition) is 3. The van der Waals surface area contributed by atoms with E-state index in [9.17, 15) is 19.5 Å². The molecule has 2 amide bonds. The van der Waals surface area contributed by atoms with E-state index in [0.717, 1.165) is 33.8 Å². The summed E-state index contributed by atoms with van der Waals surface area (Å²) in [5, 5.41) is 15.0. The molecule has 8 heteroatoms. The Hall–Kier alpha value is -3.00. The summed E-state index contributed by atoms with van der Waals surface area (Å²) < 4.78 is 5.72. The first-order chi connectivity index (χ1) is 16.8. The fourth-order valence-electron chi connectivity index (χ4n) is 5.00. The molecule has 2 aromatic carbocycles. The van der Waals surface area contributed by atoms with Gasteiger partial charge in [-0.3, -0.25) is 4.79 Å². The number of fused-ring (bicyclic) bond motifs is 3. The van der Waals surface area contributed by atoms with Gasteiger partial charge in [0.2, 0.25) is 5.91 Å². The van der Waals surface area contributed by atoms with Crippen LogP contribution in [0.15, 0.2) is 48.5 Å². The van der Waals surface area contributed by atoms with Crippen LogP contribution in [-0.4, -0.2) is 52.8 Å². The van der Waals surface area contributed by atoms with Gasteiger partial charge in [0.15, 0.2) is 0 Å². The van der Waals surface area contributed by atoms with Gasteiger partial charge < -0.3 is 20.5 Å². The maximum atomic E-state index is 13.0. The summed E-state index contributed by atoms with van der Waals surface area (Å²) in [6.45, 7) is 3.70. The Kier molecular flexibility index (Phi) is 7.69.